The van der Waals surface area contributed by atoms with E-state index in [-0.39, 0.29) is 12.5 Å². The van der Waals surface area contributed by atoms with Gasteiger partial charge in [0.2, 0.25) is 0 Å². The van der Waals surface area contributed by atoms with Gasteiger partial charge in [-0.05, 0) is 24.3 Å². The summed E-state index contributed by atoms with van der Waals surface area (Å²) in [5, 5.41) is 4.44. The second kappa shape index (κ2) is 7.40. The summed E-state index contributed by atoms with van der Waals surface area (Å²) < 4.78 is 5.41. The van der Waals surface area contributed by atoms with E-state index in [0.717, 1.165) is 16.3 Å². The molecule has 1 amide bonds. The van der Waals surface area contributed by atoms with Gasteiger partial charge in [0.05, 0.1) is 11.6 Å². The van der Waals surface area contributed by atoms with Gasteiger partial charge in [-0.3, -0.25) is 10.2 Å². The number of hydrazine groups is 1. The molecule has 0 aliphatic rings. The zero-order chi connectivity index (χ0) is 15.2. The van der Waals surface area contributed by atoms with Crippen molar-refractivity contribution in [3.8, 4) is 16.3 Å². The molecule has 2 aromatic rings. The molecule has 112 valence electrons. The summed E-state index contributed by atoms with van der Waals surface area (Å²) in [6.45, 7) is -0.0226. The van der Waals surface area contributed by atoms with Crippen molar-refractivity contribution in [3.05, 3.63) is 35.3 Å². The molecule has 7 heteroatoms. The van der Waals surface area contributed by atoms with Gasteiger partial charge >= 0.3 is 0 Å². The van der Waals surface area contributed by atoms with Crippen molar-refractivity contribution in [1.29, 1.82) is 0 Å². The third-order valence-corrected chi connectivity index (χ3v) is 3.72. The Hall–Kier alpha value is -1.63. The number of hydrogen-bond acceptors (Lipinski definition) is 5. The van der Waals surface area contributed by atoms with Crippen LogP contribution < -0.4 is 10.2 Å². The lowest BCUT2D eigenvalue weighted by Gasteiger charge is -2.12. The van der Waals surface area contributed by atoms with Gasteiger partial charge in [-0.1, -0.05) is 0 Å². The molecule has 5 nitrogen and oxygen atoms in total. The molecule has 0 saturated carbocycles. The van der Waals surface area contributed by atoms with Crippen molar-refractivity contribution in [1.82, 2.24) is 15.4 Å². The van der Waals surface area contributed by atoms with Crippen LogP contribution in [0.1, 0.15) is 5.69 Å². The third-order valence-electron chi connectivity index (χ3n) is 2.51. The lowest BCUT2D eigenvalue weighted by Crippen LogP contribution is -2.39. The summed E-state index contributed by atoms with van der Waals surface area (Å²) in [7, 11) is 3.49. The summed E-state index contributed by atoms with van der Waals surface area (Å²) in [5.74, 6) is 0.858. The molecule has 0 atom stereocenters. The highest BCUT2D eigenvalue weighted by molar-refractivity contribution is 7.13. The molecule has 1 aromatic heterocycles. The van der Waals surface area contributed by atoms with Crippen molar-refractivity contribution >= 4 is 28.8 Å². The van der Waals surface area contributed by atoms with Crippen LogP contribution in [0.2, 0.25) is 0 Å². The van der Waals surface area contributed by atoms with Crippen LogP contribution in [0.25, 0.3) is 10.6 Å². The van der Waals surface area contributed by atoms with Crippen LogP contribution in [-0.2, 0) is 10.7 Å². The molecule has 0 radical (unpaired) electrons. The van der Waals surface area contributed by atoms with Crippen LogP contribution >= 0.6 is 22.9 Å². The number of rotatable bonds is 6. The minimum Gasteiger partial charge on any atom is -0.484 e. The number of amides is 1. The van der Waals surface area contributed by atoms with Gasteiger partial charge in [0.15, 0.2) is 6.61 Å². The highest BCUT2D eigenvalue weighted by atomic mass is 35.5. The number of carbonyl (C=O) groups is 1. The Kier molecular flexibility index (Phi) is 5.55. The third kappa shape index (κ3) is 4.70. The van der Waals surface area contributed by atoms with Crippen molar-refractivity contribution in [2.75, 3.05) is 20.7 Å². The Morgan fingerprint density at radius 1 is 1.38 bits per heavy atom. The van der Waals surface area contributed by atoms with E-state index in [1.165, 1.54) is 0 Å². The van der Waals surface area contributed by atoms with Crippen molar-refractivity contribution in [3.63, 3.8) is 0 Å². The lowest BCUT2D eigenvalue weighted by atomic mass is 10.2. The van der Waals surface area contributed by atoms with Gasteiger partial charge in [-0.2, -0.15) is 0 Å². The number of hydrogen-bond donors (Lipinski definition) is 1. The van der Waals surface area contributed by atoms with Gasteiger partial charge in [0, 0.05) is 25.0 Å². The van der Waals surface area contributed by atoms with Crippen LogP contribution in [0.5, 0.6) is 5.75 Å². The number of alkyl halides is 1. The maximum Gasteiger partial charge on any atom is 0.272 e. The van der Waals surface area contributed by atoms with Gasteiger partial charge in [-0.25, -0.2) is 9.99 Å². The predicted octanol–water partition coefficient (Wildman–Crippen LogP) is 2.52. The Labute approximate surface area is 132 Å². The molecular weight excluding hydrogens is 310 g/mol. The molecule has 0 aliphatic heterocycles. The molecule has 0 fully saturated rings. The average molecular weight is 326 g/mol. The lowest BCUT2D eigenvalue weighted by molar-refractivity contribution is -0.126. The minimum absolute atomic E-state index is 0.0226. The predicted molar refractivity (Wildman–Crippen MR) is 84.4 cm³/mol. The molecule has 0 bridgehead atoms. The molecule has 1 aromatic carbocycles. The summed E-state index contributed by atoms with van der Waals surface area (Å²) in [6.07, 6.45) is 0. The average Bonchev–Trinajstić information content (AvgIpc) is 2.94. The quantitative estimate of drug-likeness (QED) is 0.655. The van der Waals surface area contributed by atoms with E-state index in [2.05, 4.69) is 10.4 Å². The van der Waals surface area contributed by atoms with Crippen LogP contribution in [0.4, 0.5) is 0 Å². The molecule has 0 spiro atoms. The smallest absolute Gasteiger partial charge is 0.272 e. The second-order valence-electron chi connectivity index (χ2n) is 4.52. The van der Waals surface area contributed by atoms with E-state index < -0.39 is 0 Å². The van der Waals surface area contributed by atoms with E-state index >= 15 is 0 Å². The minimum atomic E-state index is -0.198. The molecule has 0 saturated heterocycles. The first kappa shape index (κ1) is 15.8. The van der Waals surface area contributed by atoms with Crippen molar-refractivity contribution < 1.29 is 9.53 Å². The van der Waals surface area contributed by atoms with Crippen molar-refractivity contribution in [2.45, 2.75) is 5.88 Å². The highest BCUT2D eigenvalue weighted by Gasteiger charge is 2.06. The van der Waals surface area contributed by atoms with E-state index in [0.29, 0.717) is 11.6 Å². The number of nitrogens with one attached hydrogen (secondary N) is 1. The maximum absolute atomic E-state index is 11.5. The summed E-state index contributed by atoms with van der Waals surface area (Å²) in [4.78, 5) is 15.9. The molecule has 1 heterocycles. The van der Waals surface area contributed by atoms with Gasteiger partial charge in [0.1, 0.15) is 10.8 Å². The zero-order valence-electron chi connectivity index (χ0n) is 11.8. The number of benzene rings is 1. The van der Waals surface area contributed by atoms with Gasteiger partial charge in [0.25, 0.3) is 5.91 Å². The number of thiazole rings is 1. The normalized spacial score (nSPS) is 10.7. The van der Waals surface area contributed by atoms with Crippen molar-refractivity contribution in [2.24, 2.45) is 0 Å². The number of nitrogens with zero attached hydrogens (tertiary/aromatic N) is 2. The van der Waals surface area contributed by atoms with Gasteiger partial charge < -0.3 is 4.74 Å². The molecule has 21 heavy (non-hydrogen) atoms. The van der Waals surface area contributed by atoms with Crippen LogP contribution in [0.3, 0.4) is 0 Å². The number of ether oxygens (including phenoxy) is 1. The fraction of sp³-hybridized carbons (Fsp3) is 0.286. The molecule has 0 unspecified atom stereocenters. The number of halogens is 1. The molecule has 2 rings (SSSR count). The summed E-state index contributed by atoms with van der Waals surface area (Å²) >= 11 is 7.29. The second-order valence-corrected chi connectivity index (χ2v) is 5.65. The zero-order valence-corrected chi connectivity index (χ0v) is 13.4. The number of carbonyl (C=O) groups excluding carboxylic acids is 1. The first-order valence-corrected chi connectivity index (χ1v) is 7.70. The number of aromatic nitrogens is 1. The van der Waals surface area contributed by atoms with Crippen LogP contribution in [0.15, 0.2) is 29.6 Å². The standard InChI is InChI=1S/C14H16ClN3O2S/c1-18(2)17-13(19)8-20-12-5-3-10(4-6-12)14-16-11(7-15)9-21-14/h3-6,9H,7-8H2,1-2H3,(H,17,19). The van der Waals surface area contributed by atoms with E-state index in [1.807, 2.05) is 29.6 Å². The van der Waals surface area contributed by atoms with Gasteiger partial charge in [-0.15, -0.1) is 22.9 Å². The Morgan fingerprint density at radius 2 is 2.10 bits per heavy atom. The highest BCUT2D eigenvalue weighted by Crippen LogP contribution is 2.26. The monoisotopic (exact) mass is 325 g/mol. The Balaban J connectivity index is 1.94. The van der Waals surface area contributed by atoms with E-state index in [1.54, 1.807) is 30.4 Å². The van der Waals surface area contributed by atoms with Crippen LogP contribution in [0, 0.1) is 0 Å². The van der Waals surface area contributed by atoms with E-state index in [4.69, 9.17) is 16.3 Å². The van der Waals surface area contributed by atoms with E-state index in [9.17, 15) is 4.79 Å². The molecular formula is C14H16ClN3O2S. The molecule has 1 N–H and O–H groups in total. The SMILES string of the molecule is CN(C)NC(=O)COc1ccc(-c2nc(CCl)cs2)cc1. The first-order valence-electron chi connectivity index (χ1n) is 6.29. The Bertz CT molecular complexity index is 599. The molecule has 0 aliphatic carbocycles. The topological polar surface area (TPSA) is 54.5 Å². The fourth-order valence-electron chi connectivity index (χ4n) is 1.63. The maximum atomic E-state index is 11.5. The summed E-state index contributed by atoms with van der Waals surface area (Å²) in [6, 6.07) is 7.46. The summed E-state index contributed by atoms with van der Waals surface area (Å²) in [5.41, 5.74) is 4.48. The largest absolute Gasteiger partial charge is 0.484 e. The Morgan fingerprint density at radius 3 is 2.67 bits per heavy atom. The van der Waals surface area contributed by atoms with Crippen LogP contribution in [-0.4, -0.2) is 36.6 Å². The fourth-order valence-corrected chi connectivity index (χ4v) is 2.68. The first-order chi connectivity index (χ1) is 10.1.